The molecule has 2 aliphatic rings. The molecule has 4 rings (SSSR count). The summed E-state index contributed by atoms with van der Waals surface area (Å²) < 4.78 is 11.5. The summed E-state index contributed by atoms with van der Waals surface area (Å²) in [5.41, 5.74) is 6.62. The van der Waals surface area contributed by atoms with Crippen LogP contribution in [-0.4, -0.2) is 53.5 Å². The third-order valence-electron chi connectivity index (χ3n) is 6.24. The minimum absolute atomic E-state index is 0.0551. The summed E-state index contributed by atoms with van der Waals surface area (Å²) in [5, 5.41) is 2.54. The van der Waals surface area contributed by atoms with Gasteiger partial charge in [-0.2, -0.15) is 0 Å². The van der Waals surface area contributed by atoms with Crippen LogP contribution in [-0.2, 0) is 14.3 Å². The third-order valence-corrected chi connectivity index (χ3v) is 6.24. The van der Waals surface area contributed by atoms with E-state index in [0.29, 0.717) is 13.2 Å². The predicted octanol–water partition coefficient (Wildman–Crippen LogP) is 2.68. The number of nitrogens with zero attached hydrogens (tertiary/aromatic N) is 2. The van der Waals surface area contributed by atoms with Gasteiger partial charge in [-0.3, -0.25) is 19.4 Å². The number of piperidine rings is 1. The molecule has 180 valence electrons. The normalized spacial score (nSPS) is 22.6. The number of primary amides is 1. The van der Waals surface area contributed by atoms with Gasteiger partial charge in [-0.25, -0.2) is 0 Å². The Hall–Kier alpha value is -3.46. The largest absolute Gasteiger partial charge is 0.488 e. The average molecular weight is 467 g/mol. The minimum atomic E-state index is -0.778. The summed E-state index contributed by atoms with van der Waals surface area (Å²) in [6.07, 6.45) is 6.40. The molecule has 9 heteroatoms. The number of carbonyl (C=O) groups is 3. The second kappa shape index (κ2) is 10.6. The van der Waals surface area contributed by atoms with E-state index in [1.54, 1.807) is 4.90 Å². The van der Waals surface area contributed by atoms with Crippen LogP contribution in [0.2, 0.25) is 0 Å². The van der Waals surface area contributed by atoms with E-state index in [-0.39, 0.29) is 29.3 Å². The van der Waals surface area contributed by atoms with Crippen LogP contribution >= 0.6 is 0 Å². The van der Waals surface area contributed by atoms with Crippen molar-refractivity contribution in [1.29, 1.82) is 0 Å². The monoisotopic (exact) mass is 466 g/mol. The highest BCUT2D eigenvalue weighted by Crippen LogP contribution is 2.34. The molecule has 2 aliphatic heterocycles. The van der Waals surface area contributed by atoms with Gasteiger partial charge in [-0.05, 0) is 55.4 Å². The van der Waals surface area contributed by atoms with Crippen LogP contribution < -0.4 is 15.8 Å². The fraction of sp³-hybridized carbons (Fsp3) is 0.440. The number of nitrogens with two attached hydrogens (primary N) is 1. The Labute approximate surface area is 198 Å². The standard InChI is InChI=1S/C25H30N4O5/c1-16-4-9-22(17-5-7-20(8-6-17)34-21-3-2-10-33-15-21)29(14-16)25(32)24(31)28-19-11-18(23(26)30)12-27-13-19/h5-8,11-13,16,21-22H,2-4,9-10,14-15H2,1H3,(H2,26,30)(H,28,31)/t16-,21?,22+/m1/s1. The molecule has 1 aromatic carbocycles. The molecule has 3 atom stereocenters. The molecular weight excluding hydrogens is 436 g/mol. The van der Waals surface area contributed by atoms with E-state index in [2.05, 4.69) is 17.2 Å². The minimum Gasteiger partial charge on any atom is -0.488 e. The zero-order valence-electron chi connectivity index (χ0n) is 19.2. The number of hydrogen-bond acceptors (Lipinski definition) is 6. The number of anilines is 1. The average Bonchev–Trinajstić information content (AvgIpc) is 2.85. The molecule has 0 aliphatic carbocycles. The van der Waals surface area contributed by atoms with Gasteiger partial charge >= 0.3 is 11.8 Å². The summed E-state index contributed by atoms with van der Waals surface area (Å²) in [6, 6.07) is 8.91. The number of amides is 3. The first-order valence-corrected chi connectivity index (χ1v) is 11.6. The van der Waals surface area contributed by atoms with Gasteiger partial charge < -0.3 is 25.4 Å². The highest BCUT2D eigenvalue weighted by molar-refractivity contribution is 6.39. The number of carbonyl (C=O) groups excluding carboxylic acids is 3. The maximum atomic E-state index is 13.1. The molecule has 2 fully saturated rings. The number of aromatic nitrogens is 1. The molecule has 3 heterocycles. The van der Waals surface area contributed by atoms with Crippen molar-refractivity contribution in [2.75, 3.05) is 25.1 Å². The molecule has 1 unspecified atom stereocenters. The van der Waals surface area contributed by atoms with Gasteiger partial charge in [0.25, 0.3) is 0 Å². The van der Waals surface area contributed by atoms with Crippen LogP contribution in [0.25, 0.3) is 0 Å². The van der Waals surface area contributed by atoms with E-state index in [1.165, 1.54) is 18.5 Å². The highest BCUT2D eigenvalue weighted by Gasteiger charge is 2.34. The number of nitrogens with one attached hydrogen (secondary N) is 1. The van der Waals surface area contributed by atoms with Gasteiger partial charge in [0.1, 0.15) is 11.9 Å². The van der Waals surface area contributed by atoms with Crippen molar-refractivity contribution < 1.29 is 23.9 Å². The molecule has 3 amide bonds. The van der Waals surface area contributed by atoms with Gasteiger partial charge in [-0.15, -0.1) is 0 Å². The van der Waals surface area contributed by atoms with Crippen LogP contribution in [0.3, 0.4) is 0 Å². The van der Waals surface area contributed by atoms with Crippen LogP contribution in [0, 0.1) is 5.92 Å². The molecule has 3 N–H and O–H groups in total. The Bertz CT molecular complexity index is 1040. The van der Waals surface area contributed by atoms with Crippen molar-refractivity contribution in [2.24, 2.45) is 11.7 Å². The number of pyridine rings is 1. The Morgan fingerprint density at radius 1 is 1.15 bits per heavy atom. The summed E-state index contributed by atoms with van der Waals surface area (Å²) in [4.78, 5) is 42.8. The van der Waals surface area contributed by atoms with Gasteiger partial charge in [0.05, 0.1) is 30.1 Å². The van der Waals surface area contributed by atoms with E-state index >= 15 is 0 Å². The van der Waals surface area contributed by atoms with E-state index in [9.17, 15) is 14.4 Å². The lowest BCUT2D eigenvalue weighted by Crippen LogP contribution is -2.46. The maximum Gasteiger partial charge on any atom is 0.313 e. The number of benzene rings is 1. The van der Waals surface area contributed by atoms with Crippen molar-refractivity contribution in [3.63, 3.8) is 0 Å². The highest BCUT2D eigenvalue weighted by atomic mass is 16.5. The molecular formula is C25H30N4O5. The second-order valence-corrected chi connectivity index (χ2v) is 8.96. The first kappa shape index (κ1) is 23.7. The van der Waals surface area contributed by atoms with Crippen LogP contribution in [0.4, 0.5) is 5.69 Å². The van der Waals surface area contributed by atoms with Crippen LogP contribution in [0.5, 0.6) is 5.75 Å². The fourth-order valence-electron chi connectivity index (χ4n) is 4.45. The van der Waals surface area contributed by atoms with Crippen molar-refractivity contribution >= 4 is 23.4 Å². The zero-order valence-corrected chi connectivity index (χ0v) is 19.2. The number of ether oxygens (including phenoxy) is 2. The Balaban J connectivity index is 1.45. The van der Waals surface area contributed by atoms with Gasteiger partial charge in [0.15, 0.2) is 0 Å². The quantitative estimate of drug-likeness (QED) is 0.653. The SMILES string of the molecule is C[C@@H]1CC[C@@H](c2ccc(OC3CCCOC3)cc2)N(C(=O)C(=O)Nc2cncc(C(N)=O)c2)C1. The van der Waals surface area contributed by atoms with Crippen LogP contribution in [0.1, 0.15) is 54.6 Å². The van der Waals surface area contributed by atoms with E-state index < -0.39 is 17.7 Å². The lowest BCUT2D eigenvalue weighted by atomic mass is 9.89. The maximum absolute atomic E-state index is 13.1. The van der Waals surface area contributed by atoms with E-state index in [1.807, 2.05) is 24.3 Å². The summed E-state index contributed by atoms with van der Waals surface area (Å²) >= 11 is 0. The number of likely N-dealkylation sites (tertiary alicyclic amines) is 1. The number of hydrogen-bond donors (Lipinski definition) is 2. The van der Waals surface area contributed by atoms with E-state index in [4.69, 9.17) is 15.2 Å². The third kappa shape index (κ3) is 5.72. The van der Waals surface area contributed by atoms with Gasteiger partial charge in [0.2, 0.25) is 5.91 Å². The fourth-order valence-corrected chi connectivity index (χ4v) is 4.45. The van der Waals surface area contributed by atoms with Crippen LogP contribution in [0.15, 0.2) is 42.7 Å². The summed E-state index contributed by atoms with van der Waals surface area (Å²) in [5.74, 6) is -1.02. The molecule has 0 radical (unpaired) electrons. The predicted molar refractivity (Wildman–Crippen MR) is 125 cm³/mol. The van der Waals surface area contributed by atoms with Crippen molar-refractivity contribution in [3.05, 3.63) is 53.9 Å². The molecule has 2 aromatic rings. The lowest BCUT2D eigenvalue weighted by Gasteiger charge is -2.38. The van der Waals surface area contributed by atoms with Crippen molar-refractivity contribution in [2.45, 2.75) is 44.8 Å². The summed E-state index contributed by atoms with van der Waals surface area (Å²) in [6.45, 7) is 3.92. The molecule has 1 aromatic heterocycles. The smallest absolute Gasteiger partial charge is 0.313 e. The number of rotatable bonds is 5. The molecule has 0 bridgehead atoms. The topological polar surface area (TPSA) is 124 Å². The van der Waals surface area contributed by atoms with Crippen molar-refractivity contribution in [1.82, 2.24) is 9.88 Å². The van der Waals surface area contributed by atoms with Gasteiger partial charge in [0, 0.05) is 19.3 Å². The zero-order chi connectivity index (χ0) is 24.1. The van der Waals surface area contributed by atoms with Crippen molar-refractivity contribution in [3.8, 4) is 5.75 Å². The first-order valence-electron chi connectivity index (χ1n) is 11.6. The molecule has 2 saturated heterocycles. The van der Waals surface area contributed by atoms with Gasteiger partial charge in [-0.1, -0.05) is 19.1 Å². The Morgan fingerprint density at radius 2 is 1.94 bits per heavy atom. The molecule has 9 nitrogen and oxygen atoms in total. The Morgan fingerprint density at radius 3 is 2.65 bits per heavy atom. The molecule has 0 spiro atoms. The van der Waals surface area contributed by atoms with E-state index in [0.717, 1.165) is 43.6 Å². The second-order valence-electron chi connectivity index (χ2n) is 8.96. The lowest BCUT2D eigenvalue weighted by molar-refractivity contribution is -0.146. The Kier molecular flexibility index (Phi) is 7.42. The molecule has 0 saturated carbocycles. The molecule has 34 heavy (non-hydrogen) atoms. The first-order chi connectivity index (χ1) is 16.4. The summed E-state index contributed by atoms with van der Waals surface area (Å²) in [7, 11) is 0.